The largest absolute Gasteiger partial charge is 0.508 e. The SMILES string of the molecule is Oc1cccc(SC/C(Cl)=C/Cl)c1. The Bertz CT molecular complexity index is 312. The molecule has 1 rings (SSSR count). The van der Waals surface area contributed by atoms with Gasteiger partial charge in [0, 0.05) is 21.2 Å². The molecule has 1 aromatic carbocycles. The van der Waals surface area contributed by atoms with Gasteiger partial charge in [0.25, 0.3) is 0 Å². The van der Waals surface area contributed by atoms with E-state index in [1.165, 1.54) is 17.3 Å². The summed E-state index contributed by atoms with van der Waals surface area (Å²) < 4.78 is 0. The number of rotatable bonds is 3. The first-order chi connectivity index (χ1) is 6.22. The Morgan fingerprint density at radius 1 is 1.54 bits per heavy atom. The van der Waals surface area contributed by atoms with Gasteiger partial charge < -0.3 is 5.11 Å². The summed E-state index contributed by atoms with van der Waals surface area (Å²) in [6, 6.07) is 7.00. The molecule has 0 aliphatic carbocycles. The molecule has 0 bridgehead atoms. The first-order valence-corrected chi connectivity index (χ1v) is 5.39. The molecule has 0 spiro atoms. The fourth-order valence-corrected chi connectivity index (χ4v) is 1.86. The molecular formula is C9H8Cl2OS. The van der Waals surface area contributed by atoms with Crippen molar-refractivity contribution in [2.75, 3.05) is 5.75 Å². The van der Waals surface area contributed by atoms with Gasteiger partial charge in [-0.2, -0.15) is 0 Å². The van der Waals surface area contributed by atoms with E-state index in [-0.39, 0.29) is 5.75 Å². The van der Waals surface area contributed by atoms with Crippen LogP contribution in [0.1, 0.15) is 0 Å². The van der Waals surface area contributed by atoms with Crippen LogP contribution in [0.2, 0.25) is 0 Å². The molecule has 0 atom stereocenters. The maximum atomic E-state index is 9.15. The number of hydrogen-bond acceptors (Lipinski definition) is 2. The quantitative estimate of drug-likeness (QED) is 0.804. The van der Waals surface area contributed by atoms with Crippen LogP contribution >= 0.6 is 35.0 Å². The smallest absolute Gasteiger partial charge is 0.116 e. The number of halogens is 2. The molecule has 0 amide bonds. The van der Waals surface area contributed by atoms with Crippen molar-refractivity contribution in [3.63, 3.8) is 0 Å². The molecule has 4 heteroatoms. The standard InChI is InChI=1S/C9H8Cl2OS/c10-5-7(11)6-13-9-3-1-2-8(12)4-9/h1-5,12H,6H2/b7-5-. The van der Waals surface area contributed by atoms with E-state index in [9.17, 15) is 0 Å². The summed E-state index contributed by atoms with van der Waals surface area (Å²) in [5.74, 6) is 0.880. The maximum absolute atomic E-state index is 9.15. The van der Waals surface area contributed by atoms with Crippen molar-refractivity contribution in [3.05, 3.63) is 34.8 Å². The molecule has 0 aromatic heterocycles. The molecule has 1 aromatic rings. The fourth-order valence-electron chi connectivity index (χ4n) is 0.757. The lowest BCUT2D eigenvalue weighted by Gasteiger charge is -2.00. The third kappa shape index (κ3) is 3.94. The summed E-state index contributed by atoms with van der Waals surface area (Å²) in [7, 11) is 0. The van der Waals surface area contributed by atoms with E-state index in [2.05, 4.69) is 0 Å². The molecular weight excluding hydrogens is 227 g/mol. The summed E-state index contributed by atoms with van der Waals surface area (Å²) in [6.45, 7) is 0. The predicted molar refractivity (Wildman–Crippen MR) is 58.6 cm³/mol. The van der Waals surface area contributed by atoms with E-state index in [1.807, 2.05) is 6.07 Å². The van der Waals surface area contributed by atoms with Crippen LogP contribution in [0.5, 0.6) is 5.75 Å². The summed E-state index contributed by atoms with van der Waals surface area (Å²) in [4.78, 5) is 0.969. The second-order valence-corrected chi connectivity index (χ2v) is 4.09. The van der Waals surface area contributed by atoms with Gasteiger partial charge in [-0.1, -0.05) is 29.3 Å². The first kappa shape index (κ1) is 10.8. The minimum atomic E-state index is 0.260. The molecule has 0 aliphatic heterocycles. The number of thioether (sulfide) groups is 1. The van der Waals surface area contributed by atoms with Crippen LogP contribution in [-0.2, 0) is 0 Å². The normalized spacial score (nSPS) is 11.7. The van der Waals surface area contributed by atoms with E-state index in [4.69, 9.17) is 28.3 Å². The van der Waals surface area contributed by atoms with Crippen LogP contribution in [-0.4, -0.2) is 10.9 Å². The Morgan fingerprint density at radius 2 is 2.31 bits per heavy atom. The minimum absolute atomic E-state index is 0.260. The molecule has 0 saturated carbocycles. The van der Waals surface area contributed by atoms with E-state index in [1.54, 1.807) is 18.2 Å². The third-order valence-electron chi connectivity index (χ3n) is 1.31. The molecule has 0 saturated heterocycles. The Hall–Kier alpha value is -0.310. The second-order valence-electron chi connectivity index (χ2n) is 2.34. The average Bonchev–Trinajstić information content (AvgIpc) is 2.14. The van der Waals surface area contributed by atoms with Gasteiger partial charge >= 0.3 is 0 Å². The van der Waals surface area contributed by atoms with Crippen molar-refractivity contribution in [3.8, 4) is 5.75 Å². The highest BCUT2D eigenvalue weighted by atomic mass is 35.5. The van der Waals surface area contributed by atoms with Crippen molar-refractivity contribution in [2.45, 2.75) is 4.90 Å². The van der Waals surface area contributed by atoms with Crippen molar-refractivity contribution in [2.24, 2.45) is 0 Å². The van der Waals surface area contributed by atoms with Gasteiger partial charge in [-0.3, -0.25) is 0 Å². The van der Waals surface area contributed by atoms with Crippen LogP contribution in [0.4, 0.5) is 0 Å². The highest BCUT2D eigenvalue weighted by molar-refractivity contribution is 7.99. The second kappa shape index (κ2) is 5.43. The van der Waals surface area contributed by atoms with Gasteiger partial charge in [-0.25, -0.2) is 0 Å². The van der Waals surface area contributed by atoms with Crippen LogP contribution in [0.3, 0.4) is 0 Å². The monoisotopic (exact) mass is 234 g/mol. The van der Waals surface area contributed by atoms with Crippen LogP contribution in [0.15, 0.2) is 39.7 Å². The van der Waals surface area contributed by atoms with E-state index in [0.29, 0.717) is 10.8 Å². The van der Waals surface area contributed by atoms with Gasteiger partial charge in [0.15, 0.2) is 0 Å². The average molecular weight is 235 g/mol. The highest BCUT2D eigenvalue weighted by Crippen LogP contribution is 2.25. The molecule has 1 nitrogen and oxygen atoms in total. The van der Waals surface area contributed by atoms with Gasteiger partial charge in [-0.15, -0.1) is 11.8 Å². The van der Waals surface area contributed by atoms with Gasteiger partial charge in [0.05, 0.1) is 0 Å². The van der Waals surface area contributed by atoms with E-state index in [0.717, 1.165) is 4.90 Å². The number of hydrogen-bond donors (Lipinski definition) is 1. The molecule has 1 N–H and O–H groups in total. The van der Waals surface area contributed by atoms with Crippen molar-refractivity contribution >= 4 is 35.0 Å². The van der Waals surface area contributed by atoms with Gasteiger partial charge in [0.1, 0.15) is 5.75 Å². The Balaban J connectivity index is 2.55. The topological polar surface area (TPSA) is 20.2 Å². The third-order valence-corrected chi connectivity index (χ3v) is 3.13. The number of aromatic hydroxyl groups is 1. The zero-order valence-corrected chi connectivity index (χ0v) is 9.03. The Morgan fingerprint density at radius 3 is 2.92 bits per heavy atom. The zero-order valence-electron chi connectivity index (χ0n) is 6.71. The van der Waals surface area contributed by atoms with Crippen LogP contribution < -0.4 is 0 Å². The number of phenols is 1. The summed E-state index contributed by atoms with van der Waals surface area (Å²) in [5.41, 5.74) is 1.34. The van der Waals surface area contributed by atoms with E-state index >= 15 is 0 Å². The summed E-state index contributed by atoms with van der Waals surface area (Å²) in [6.07, 6.45) is 0. The molecule has 70 valence electrons. The Kier molecular flexibility index (Phi) is 4.50. The van der Waals surface area contributed by atoms with Crippen LogP contribution in [0.25, 0.3) is 0 Å². The Labute approximate surface area is 91.4 Å². The summed E-state index contributed by atoms with van der Waals surface area (Å²) in [5, 5.41) is 9.74. The minimum Gasteiger partial charge on any atom is -0.508 e. The van der Waals surface area contributed by atoms with Crippen molar-refractivity contribution < 1.29 is 5.11 Å². The number of benzene rings is 1. The fraction of sp³-hybridized carbons (Fsp3) is 0.111. The lowest BCUT2D eigenvalue weighted by molar-refractivity contribution is 0.474. The lowest BCUT2D eigenvalue weighted by atomic mass is 10.3. The molecule has 0 heterocycles. The first-order valence-electron chi connectivity index (χ1n) is 3.59. The highest BCUT2D eigenvalue weighted by Gasteiger charge is 1.97. The molecule has 0 aliphatic rings. The van der Waals surface area contributed by atoms with Crippen molar-refractivity contribution in [1.29, 1.82) is 0 Å². The molecule has 0 fully saturated rings. The number of phenolic OH excluding ortho intramolecular Hbond substituents is 1. The zero-order chi connectivity index (χ0) is 9.68. The van der Waals surface area contributed by atoms with Crippen LogP contribution in [0, 0.1) is 0 Å². The summed E-state index contributed by atoms with van der Waals surface area (Å²) >= 11 is 12.6. The predicted octanol–water partition coefficient (Wildman–Crippen LogP) is 3.80. The maximum Gasteiger partial charge on any atom is 0.116 e. The molecule has 0 unspecified atom stereocenters. The van der Waals surface area contributed by atoms with E-state index < -0.39 is 0 Å². The lowest BCUT2D eigenvalue weighted by Crippen LogP contribution is -1.77. The van der Waals surface area contributed by atoms with Gasteiger partial charge in [0.2, 0.25) is 0 Å². The van der Waals surface area contributed by atoms with Crippen molar-refractivity contribution in [1.82, 2.24) is 0 Å². The molecule has 13 heavy (non-hydrogen) atoms. The van der Waals surface area contributed by atoms with Gasteiger partial charge in [-0.05, 0) is 18.2 Å². The molecule has 0 radical (unpaired) electrons.